The Morgan fingerprint density at radius 2 is 2.00 bits per heavy atom. The second-order valence-corrected chi connectivity index (χ2v) is 10.1. The Labute approximate surface area is 206 Å². The molecule has 1 aliphatic rings. The molecule has 1 aromatic carbocycles. The number of hydrogen-bond donors (Lipinski definition) is 1. The van der Waals surface area contributed by atoms with Crippen LogP contribution in [0.4, 0.5) is 23.4 Å². The number of rotatable bonds is 8. The SMILES string of the molecule is CC(=O)Cc1nnc(C2CCCN(c3nnc(NC(=O)Cc4cccc(OC(F)(F)F)c4)s3)C2)s1. The highest BCUT2D eigenvalue weighted by molar-refractivity contribution is 7.19. The number of Topliss-reactive ketones (excluding diaryl/α,β-unsaturated/α-hetero) is 1. The third kappa shape index (κ3) is 7.18. The van der Waals surface area contributed by atoms with Gasteiger partial charge in [-0.25, -0.2) is 0 Å². The second kappa shape index (κ2) is 10.6. The first kappa shape index (κ1) is 25.0. The lowest BCUT2D eigenvalue weighted by Crippen LogP contribution is -2.34. The van der Waals surface area contributed by atoms with Gasteiger partial charge >= 0.3 is 6.36 Å². The van der Waals surface area contributed by atoms with Gasteiger partial charge in [0.1, 0.15) is 21.5 Å². The number of piperidine rings is 1. The van der Waals surface area contributed by atoms with E-state index in [9.17, 15) is 22.8 Å². The maximum Gasteiger partial charge on any atom is 0.573 e. The highest BCUT2D eigenvalue weighted by Gasteiger charge is 2.31. The number of aromatic nitrogens is 4. The van der Waals surface area contributed by atoms with Crippen LogP contribution in [0.15, 0.2) is 24.3 Å². The van der Waals surface area contributed by atoms with E-state index in [0.717, 1.165) is 24.4 Å². The fraction of sp³-hybridized carbons (Fsp3) is 0.429. The van der Waals surface area contributed by atoms with Gasteiger partial charge in [0.25, 0.3) is 0 Å². The number of nitrogens with one attached hydrogen (secondary N) is 1. The average Bonchev–Trinajstić information content (AvgIpc) is 3.42. The van der Waals surface area contributed by atoms with E-state index in [4.69, 9.17) is 0 Å². The van der Waals surface area contributed by atoms with Crippen LogP contribution in [0.2, 0.25) is 0 Å². The number of carbonyl (C=O) groups excluding carboxylic acids is 2. The maximum atomic E-state index is 12.4. The molecule has 186 valence electrons. The summed E-state index contributed by atoms with van der Waals surface area (Å²) in [5, 5.41) is 21.8. The highest BCUT2D eigenvalue weighted by atomic mass is 32.1. The van der Waals surface area contributed by atoms with E-state index >= 15 is 0 Å². The lowest BCUT2D eigenvalue weighted by atomic mass is 9.99. The standard InChI is InChI=1S/C21H21F3N6O3S2/c1-12(31)8-17-26-27-18(34-17)14-5-3-7-30(11-14)20-29-28-19(35-20)25-16(32)10-13-4-2-6-15(9-13)33-21(22,23)24/h2,4,6,9,14H,3,5,7-8,10-11H2,1H3,(H,25,28,32). The molecule has 0 saturated carbocycles. The van der Waals surface area contributed by atoms with Crippen molar-refractivity contribution >= 4 is 44.6 Å². The molecule has 0 radical (unpaired) electrons. The normalized spacial score (nSPS) is 16.2. The van der Waals surface area contributed by atoms with Gasteiger partial charge in [-0.3, -0.25) is 9.59 Å². The third-order valence-corrected chi connectivity index (χ3v) is 7.07. The number of benzene rings is 1. The van der Waals surface area contributed by atoms with E-state index < -0.39 is 12.3 Å². The summed E-state index contributed by atoms with van der Waals surface area (Å²) in [5.41, 5.74) is 0.370. The van der Waals surface area contributed by atoms with Crippen molar-refractivity contribution in [3.05, 3.63) is 39.8 Å². The molecule has 1 saturated heterocycles. The van der Waals surface area contributed by atoms with Crippen molar-refractivity contribution in [3.63, 3.8) is 0 Å². The van der Waals surface area contributed by atoms with Crippen LogP contribution in [-0.4, -0.2) is 51.5 Å². The molecule has 0 bridgehead atoms. The van der Waals surface area contributed by atoms with Gasteiger partial charge in [0, 0.05) is 19.0 Å². The van der Waals surface area contributed by atoms with Gasteiger partial charge in [0.15, 0.2) is 0 Å². The number of anilines is 2. The molecule has 1 fully saturated rings. The molecule has 0 aliphatic carbocycles. The van der Waals surface area contributed by atoms with Crippen molar-refractivity contribution < 1.29 is 27.5 Å². The number of hydrogen-bond acceptors (Lipinski definition) is 10. The largest absolute Gasteiger partial charge is 0.573 e. The van der Waals surface area contributed by atoms with Crippen LogP contribution in [0, 0.1) is 0 Å². The van der Waals surface area contributed by atoms with Crippen LogP contribution in [0.5, 0.6) is 5.75 Å². The van der Waals surface area contributed by atoms with Crippen molar-refractivity contribution in [3.8, 4) is 5.75 Å². The van der Waals surface area contributed by atoms with Crippen LogP contribution in [0.3, 0.4) is 0 Å². The fourth-order valence-corrected chi connectivity index (χ4v) is 5.50. The number of ether oxygens (including phenoxy) is 1. The van der Waals surface area contributed by atoms with Crippen LogP contribution >= 0.6 is 22.7 Å². The Balaban J connectivity index is 1.34. The summed E-state index contributed by atoms with van der Waals surface area (Å²) < 4.78 is 41.1. The number of alkyl halides is 3. The van der Waals surface area contributed by atoms with Crippen LogP contribution in [-0.2, 0) is 22.4 Å². The third-order valence-electron chi connectivity index (χ3n) is 5.08. The summed E-state index contributed by atoms with van der Waals surface area (Å²) in [4.78, 5) is 25.8. The number of halogens is 3. The van der Waals surface area contributed by atoms with Gasteiger partial charge in [-0.2, -0.15) is 0 Å². The zero-order chi connectivity index (χ0) is 25.0. The first-order chi connectivity index (χ1) is 16.6. The monoisotopic (exact) mass is 526 g/mol. The number of amides is 1. The smallest absolute Gasteiger partial charge is 0.406 e. The van der Waals surface area contributed by atoms with E-state index in [1.165, 1.54) is 53.9 Å². The first-order valence-electron chi connectivity index (χ1n) is 10.7. The number of ketones is 1. The molecule has 2 aromatic heterocycles. The summed E-state index contributed by atoms with van der Waals surface area (Å²) >= 11 is 2.67. The molecule has 35 heavy (non-hydrogen) atoms. The van der Waals surface area contributed by atoms with E-state index in [0.29, 0.717) is 27.4 Å². The first-order valence-corrected chi connectivity index (χ1v) is 12.3. The minimum Gasteiger partial charge on any atom is -0.406 e. The maximum absolute atomic E-state index is 12.4. The molecule has 1 unspecified atom stereocenters. The molecule has 9 nitrogen and oxygen atoms in total. The number of carbonyl (C=O) groups is 2. The topological polar surface area (TPSA) is 110 Å². The molecule has 0 spiro atoms. The molecule has 3 heterocycles. The highest BCUT2D eigenvalue weighted by Crippen LogP contribution is 2.34. The lowest BCUT2D eigenvalue weighted by molar-refractivity contribution is -0.274. The summed E-state index contributed by atoms with van der Waals surface area (Å²) in [5.74, 6) is -0.608. The minimum absolute atomic E-state index is 0.0451. The van der Waals surface area contributed by atoms with Gasteiger partial charge in [-0.15, -0.1) is 44.9 Å². The van der Waals surface area contributed by atoms with Crippen LogP contribution < -0.4 is 15.0 Å². The molecule has 1 N–H and O–H groups in total. The zero-order valence-corrected chi connectivity index (χ0v) is 20.2. The molecule has 1 aliphatic heterocycles. The molecule has 3 aromatic rings. The van der Waals surface area contributed by atoms with E-state index in [1.54, 1.807) is 0 Å². The Morgan fingerprint density at radius 1 is 1.17 bits per heavy atom. The van der Waals surface area contributed by atoms with E-state index in [2.05, 4.69) is 35.3 Å². The molecule has 1 amide bonds. The predicted octanol–water partition coefficient (Wildman–Crippen LogP) is 3.98. The van der Waals surface area contributed by atoms with Gasteiger partial charge in [0.05, 0.1) is 12.8 Å². The van der Waals surface area contributed by atoms with Crippen molar-refractivity contribution in [1.82, 2.24) is 20.4 Å². The second-order valence-electron chi connectivity index (χ2n) is 8.01. The lowest BCUT2D eigenvalue weighted by Gasteiger charge is -2.30. The summed E-state index contributed by atoms with van der Waals surface area (Å²) in [6.45, 7) is 2.97. The Kier molecular flexibility index (Phi) is 7.60. The molecular weight excluding hydrogens is 505 g/mol. The van der Waals surface area contributed by atoms with Crippen molar-refractivity contribution in [2.24, 2.45) is 0 Å². The summed E-state index contributed by atoms with van der Waals surface area (Å²) in [6, 6.07) is 5.27. The van der Waals surface area contributed by atoms with E-state index in [1.807, 2.05) is 0 Å². The van der Waals surface area contributed by atoms with Crippen LogP contribution in [0.1, 0.15) is 41.3 Å². The molecular formula is C21H21F3N6O3S2. The zero-order valence-electron chi connectivity index (χ0n) is 18.5. The van der Waals surface area contributed by atoms with Crippen molar-refractivity contribution in [2.75, 3.05) is 23.3 Å². The van der Waals surface area contributed by atoms with Gasteiger partial charge < -0.3 is 15.0 Å². The summed E-state index contributed by atoms with van der Waals surface area (Å²) in [7, 11) is 0. The van der Waals surface area contributed by atoms with E-state index in [-0.39, 0.29) is 30.3 Å². The Bertz CT molecular complexity index is 1200. The molecule has 1 atom stereocenters. The predicted molar refractivity (Wildman–Crippen MR) is 124 cm³/mol. The van der Waals surface area contributed by atoms with Gasteiger partial charge in [-0.1, -0.05) is 23.5 Å². The fourth-order valence-electron chi connectivity index (χ4n) is 3.66. The Hall–Kier alpha value is -3.13. The molecule has 14 heteroatoms. The summed E-state index contributed by atoms with van der Waals surface area (Å²) in [6.07, 6.45) is -2.79. The van der Waals surface area contributed by atoms with Gasteiger partial charge in [-0.05, 0) is 37.5 Å². The number of nitrogens with zero attached hydrogens (tertiary/aromatic N) is 5. The van der Waals surface area contributed by atoms with Gasteiger partial charge in [0.2, 0.25) is 16.2 Å². The minimum atomic E-state index is -4.80. The van der Waals surface area contributed by atoms with Crippen LogP contribution in [0.25, 0.3) is 0 Å². The quantitative estimate of drug-likeness (QED) is 0.469. The van der Waals surface area contributed by atoms with Crippen molar-refractivity contribution in [1.29, 1.82) is 0 Å². The Morgan fingerprint density at radius 3 is 2.77 bits per heavy atom. The average molecular weight is 527 g/mol. The molecule has 4 rings (SSSR count). The van der Waals surface area contributed by atoms with Crippen molar-refractivity contribution in [2.45, 2.75) is 44.9 Å².